The van der Waals surface area contributed by atoms with Crippen LogP contribution in [0.2, 0.25) is 0 Å². The maximum absolute atomic E-state index is 12.1. The highest BCUT2D eigenvalue weighted by Crippen LogP contribution is 2.41. The molecular weight excluding hydrogens is 232 g/mol. The maximum Gasteiger partial charge on any atom is 0.307 e. The van der Waals surface area contributed by atoms with Gasteiger partial charge in [-0.2, -0.15) is 0 Å². The summed E-state index contributed by atoms with van der Waals surface area (Å²) in [7, 11) is 1.59. The molecule has 0 heterocycles. The van der Waals surface area contributed by atoms with E-state index in [0.29, 0.717) is 12.0 Å². The van der Waals surface area contributed by atoms with Gasteiger partial charge in [-0.1, -0.05) is 6.92 Å². The van der Waals surface area contributed by atoms with Gasteiger partial charge in [0, 0.05) is 11.5 Å². The highest BCUT2D eigenvalue weighted by Gasteiger charge is 2.48. The monoisotopic (exact) mass is 248 g/mol. The van der Waals surface area contributed by atoms with Crippen molar-refractivity contribution in [2.75, 3.05) is 7.11 Å². The second kappa shape index (κ2) is 4.80. The molecule has 2 unspecified atom stereocenters. The minimum Gasteiger partial charge on any atom is -0.496 e. The molecule has 1 aliphatic carbocycles. The normalized spacial score (nSPS) is 21.4. The predicted molar refractivity (Wildman–Crippen MR) is 65.9 cm³/mol. The molecule has 0 bridgehead atoms. The number of carbonyl (C=O) groups excluding carboxylic acids is 1. The SMILES string of the molecule is CCc1cc(C(=O)C2CC2C(=O)O)ccc1OC. The van der Waals surface area contributed by atoms with Gasteiger partial charge in [0.05, 0.1) is 13.0 Å². The number of carboxylic acid groups (broad SMARTS) is 1. The number of methoxy groups -OCH3 is 1. The highest BCUT2D eigenvalue weighted by atomic mass is 16.5. The van der Waals surface area contributed by atoms with Gasteiger partial charge in [-0.05, 0) is 36.6 Å². The molecule has 1 fully saturated rings. The van der Waals surface area contributed by atoms with E-state index in [9.17, 15) is 9.59 Å². The van der Waals surface area contributed by atoms with Crippen molar-refractivity contribution < 1.29 is 19.4 Å². The Labute approximate surface area is 106 Å². The highest BCUT2D eigenvalue weighted by molar-refractivity contribution is 6.02. The fraction of sp³-hybridized carbons (Fsp3) is 0.429. The first-order valence-electron chi connectivity index (χ1n) is 6.02. The average Bonchev–Trinajstić information content (AvgIpc) is 3.17. The van der Waals surface area contributed by atoms with Gasteiger partial charge in [-0.25, -0.2) is 0 Å². The van der Waals surface area contributed by atoms with Crippen molar-refractivity contribution in [2.45, 2.75) is 19.8 Å². The predicted octanol–water partition coefficient (Wildman–Crippen LogP) is 2.16. The lowest BCUT2D eigenvalue weighted by Crippen LogP contribution is -2.08. The summed E-state index contributed by atoms with van der Waals surface area (Å²) in [6, 6.07) is 5.28. The van der Waals surface area contributed by atoms with E-state index < -0.39 is 11.9 Å². The summed E-state index contributed by atoms with van der Waals surface area (Å²) in [5, 5.41) is 8.83. The van der Waals surface area contributed by atoms with Crippen LogP contribution in [0, 0.1) is 11.8 Å². The molecular formula is C14H16O4. The summed E-state index contributed by atoms with van der Waals surface area (Å²) in [6.07, 6.45) is 1.24. The van der Waals surface area contributed by atoms with Crippen LogP contribution in [0.4, 0.5) is 0 Å². The van der Waals surface area contributed by atoms with E-state index in [-0.39, 0.29) is 11.7 Å². The Balaban J connectivity index is 2.19. The Kier molecular flexibility index (Phi) is 3.36. The third-order valence-corrected chi connectivity index (χ3v) is 3.39. The van der Waals surface area contributed by atoms with Gasteiger partial charge >= 0.3 is 5.97 Å². The molecule has 1 aromatic rings. The van der Waals surface area contributed by atoms with E-state index >= 15 is 0 Å². The molecule has 0 radical (unpaired) electrons. The smallest absolute Gasteiger partial charge is 0.307 e. The lowest BCUT2D eigenvalue weighted by molar-refractivity contribution is -0.138. The topological polar surface area (TPSA) is 63.6 Å². The van der Waals surface area contributed by atoms with Crippen LogP contribution in [0.25, 0.3) is 0 Å². The number of Topliss-reactive ketones (excluding diaryl/α,β-unsaturated/α-hetero) is 1. The van der Waals surface area contributed by atoms with Gasteiger partial charge in [-0.15, -0.1) is 0 Å². The van der Waals surface area contributed by atoms with Crippen LogP contribution in [-0.4, -0.2) is 24.0 Å². The molecule has 0 aliphatic heterocycles. The molecule has 0 spiro atoms. The van der Waals surface area contributed by atoms with Crippen molar-refractivity contribution in [3.63, 3.8) is 0 Å². The lowest BCUT2D eigenvalue weighted by atomic mass is 10.0. The van der Waals surface area contributed by atoms with E-state index in [0.717, 1.165) is 17.7 Å². The number of carboxylic acids is 1. The molecule has 2 rings (SSSR count). The van der Waals surface area contributed by atoms with Gasteiger partial charge in [0.25, 0.3) is 0 Å². The van der Waals surface area contributed by atoms with Crippen LogP contribution in [0.15, 0.2) is 18.2 Å². The van der Waals surface area contributed by atoms with Crippen molar-refractivity contribution in [1.82, 2.24) is 0 Å². The molecule has 1 aromatic carbocycles. The minimum absolute atomic E-state index is 0.0697. The zero-order valence-corrected chi connectivity index (χ0v) is 10.5. The Morgan fingerprint density at radius 1 is 1.39 bits per heavy atom. The number of ketones is 1. The quantitative estimate of drug-likeness (QED) is 0.811. The summed E-state index contributed by atoms with van der Waals surface area (Å²) < 4.78 is 5.20. The van der Waals surface area contributed by atoms with Crippen LogP contribution < -0.4 is 4.74 Å². The summed E-state index contributed by atoms with van der Waals surface area (Å²) in [5.74, 6) is -1.03. The van der Waals surface area contributed by atoms with E-state index in [4.69, 9.17) is 9.84 Å². The van der Waals surface area contributed by atoms with Crippen molar-refractivity contribution in [1.29, 1.82) is 0 Å². The summed E-state index contributed by atoms with van der Waals surface area (Å²) in [6.45, 7) is 1.99. The molecule has 1 aliphatic rings. The van der Waals surface area contributed by atoms with Crippen LogP contribution in [0.1, 0.15) is 29.3 Å². The zero-order chi connectivity index (χ0) is 13.3. The van der Waals surface area contributed by atoms with Gasteiger partial charge in [0.1, 0.15) is 5.75 Å². The van der Waals surface area contributed by atoms with Gasteiger partial charge < -0.3 is 9.84 Å². The first-order chi connectivity index (χ1) is 8.58. The van der Waals surface area contributed by atoms with E-state index in [1.807, 2.05) is 6.92 Å². The Morgan fingerprint density at radius 2 is 2.11 bits per heavy atom. The number of hydrogen-bond donors (Lipinski definition) is 1. The number of aryl methyl sites for hydroxylation is 1. The lowest BCUT2D eigenvalue weighted by Gasteiger charge is -2.08. The second-order valence-electron chi connectivity index (χ2n) is 4.53. The molecule has 4 heteroatoms. The van der Waals surface area contributed by atoms with Crippen LogP contribution in [-0.2, 0) is 11.2 Å². The summed E-state index contributed by atoms with van der Waals surface area (Å²) >= 11 is 0. The van der Waals surface area contributed by atoms with E-state index in [1.165, 1.54) is 0 Å². The molecule has 18 heavy (non-hydrogen) atoms. The fourth-order valence-corrected chi connectivity index (χ4v) is 2.18. The molecule has 1 saturated carbocycles. The standard InChI is InChI=1S/C14H16O4/c1-3-8-6-9(4-5-12(8)18-2)13(15)10-7-11(10)14(16)17/h4-6,10-11H,3,7H2,1-2H3,(H,16,17). The zero-order valence-electron chi connectivity index (χ0n) is 10.5. The van der Waals surface area contributed by atoms with Crippen LogP contribution >= 0.6 is 0 Å². The summed E-state index contributed by atoms with van der Waals surface area (Å²) in [5.41, 5.74) is 1.55. The molecule has 96 valence electrons. The number of rotatable bonds is 5. The largest absolute Gasteiger partial charge is 0.496 e. The van der Waals surface area contributed by atoms with Gasteiger partial charge in [-0.3, -0.25) is 9.59 Å². The van der Waals surface area contributed by atoms with Crippen molar-refractivity contribution in [3.8, 4) is 5.75 Å². The van der Waals surface area contributed by atoms with Crippen LogP contribution in [0.3, 0.4) is 0 Å². The van der Waals surface area contributed by atoms with Crippen molar-refractivity contribution in [3.05, 3.63) is 29.3 Å². The number of benzene rings is 1. The number of aliphatic carboxylic acids is 1. The van der Waals surface area contributed by atoms with E-state index in [1.54, 1.807) is 25.3 Å². The average molecular weight is 248 g/mol. The van der Waals surface area contributed by atoms with Crippen molar-refractivity contribution in [2.24, 2.45) is 11.8 Å². The second-order valence-corrected chi connectivity index (χ2v) is 4.53. The molecule has 4 nitrogen and oxygen atoms in total. The Hall–Kier alpha value is -1.84. The molecule has 0 saturated heterocycles. The first kappa shape index (κ1) is 12.6. The van der Waals surface area contributed by atoms with Gasteiger partial charge in [0.15, 0.2) is 5.78 Å². The minimum atomic E-state index is -0.877. The Bertz CT molecular complexity index is 493. The molecule has 0 amide bonds. The fourth-order valence-electron chi connectivity index (χ4n) is 2.18. The number of carbonyl (C=O) groups is 2. The summed E-state index contributed by atoms with van der Waals surface area (Å²) in [4.78, 5) is 22.8. The number of ether oxygens (including phenoxy) is 1. The Morgan fingerprint density at radius 3 is 2.61 bits per heavy atom. The first-order valence-corrected chi connectivity index (χ1v) is 6.02. The third kappa shape index (κ3) is 2.23. The molecule has 0 aromatic heterocycles. The van der Waals surface area contributed by atoms with Gasteiger partial charge in [0.2, 0.25) is 0 Å². The molecule has 2 atom stereocenters. The van der Waals surface area contributed by atoms with Crippen LogP contribution in [0.5, 0.6) is 5.75 Å². The van der Waals surface area contributed by atoms with E-state index in [2.05, 4.69) is 0 Å². The van der Waals surface area contributed by atoms with Crippen molar-refractivity contribution >= 4 is 11.8 Å². The molecule has 1 N–H and O–H groups in total. The number of hydrogen-bond acceptors (Lipinski definition) is 3. The maximum atomic E-state index is 12.1. The third-order valence-electron chi connectivity index (χ3n) is 3.39.